The molecule has 87 valence electrons. The van der Waals surface area contributed by atoms with Crippen molar-refractivity contribution in [1.29, 1.82) is 0 Å². The zero-order chi connectivity index (χ0) is 11.8. The van der Waals surface area contributed by atoms with Gasteiger partial charge in [-0.05, 0) is 52.2 Å². The predicted molar refractivity (Wildman–Crippen MR) is 63.2 cm³/mol. The van der Waals surface area contributed by atoms with E-state index < -0.39 is 0 Å². The highest BCUT2D eigenvalue weighted by molar-refractivity contribution is 5.47. The minimum atomic E-state index is 0.128. The molecule has 2 heterocycles. The maximum atomic E-state index is 3.86. The molecule has 0 spiro atoms. The van der Waals surface area contributed by atoms with Crippen LogP contribution in [0.1, 0.15) is 47.0 Å². The van der Waals surface area contributed by atoms with Gasteiger partial charge < -0.3 is 4.90 Å². The predicted octanol–water partition coefficient (Wildman–Crippen LogP) is 2.22. The molecule has 2 rings (SSSR count). The summed E-state index contributed by atoms with van der Waals surface area (Å²) in [6.45, 7) is 9.06. The molecule has 0 aromatic carbocycles. The molecule has 0 aliphatic carbocycles. The van der Waals surface area contributed by atoms with Crippen LogP contribution in [-0.4, -0.2) is 26.5 Å². The van der Waals surface area contributed by atoms with Crippen LogP contribution in [0.15, 0.2) is 6.20 Å². The van der Waals surface area contributed by atoms with Gasteiger partial charge in [-0.25, -0.2) is 0 Å². The molecule has 1 radical (unpaired) electrons. The Bertz CT molecular complexity index is 343. The fourth-order valence-corrected chi connectivity index (χ4v) is 2.97. The van der Waals surface area contributed by atoms with Crippen molar-refractivity contribution in [3.63, 3.8) is 0 Å². The third kappa shape index (κ3) is 1.88. The number of rotatable bonds is 1. The van der Waals surface area contributed by atoms with E-state index in [-0.39, 0.29) is 11.1 Å². The SMILES string of the molecule is CC1(C)CCCC(C)(C)N1c1[c]nnnc1. The molecule has 1 aliphatic heterocycles. The number of hydrogen-bond donors (Lipinski definition) is 0. The average molecular weight is 219 g/mol. The van der Waals surface area contributed by atoms with Crippen LogP contribution in [0.4, 0.5) is 5.69 Å². The molecule has 0 unspecified atom stereocenters. The first-order valence-electron chi connectivity index (χ1n) is 5.80. The topological polar surface area (TPSA) is 41.9 Å². The highest BCUT2D eigenvalue weighted by atomic mass is 15.3. The van der Waals surface area contributed by atoms with Crippen LogP contribution in [-0.2, 0) is 0 Å². The summed E-state index contributed by atoms with van der Waals surface area (Å²) in [7, 11) is 0. The van der Waals surface area contributed by atoms with Gasteiger partial charge in [0, 0.05) is 11.1 Å². The average Bonchev–Trinajstić information content (AvgIpc) is 2.16. The van der Waals surface area contributed by atoms with E-state index in [9.17, 15) is 0 Å². The largest absolute Gasteiger partial charge is 0.358 e. The van der Waals surface area contributed by atoms with Gasteiger partial charge in [0.1, 0.15) is 6.20 Å². The van der Waals surface area contributed by atoms with E-state index in [1.807, 2.05) is 0 Å². The molecule has 0 saturated carbocycles. The van der Waals surface area contributed by atoms with Gasteiger partial charge >= 0.3 is 0 Å². The van der Waals surface area contributed by atoms with Crippen LogP contribution in [0.25, 0.3) is 0 Å². The molecular weight excluding hydrogens is 200 g/mol. The van der Waals surface area contributed by atoms with E-state index in [0.29, 0.717) is 0 Å². The molecule has 4 nitrogen and oxygen atoms in total. The highest BCUT2D eigenvalue weighted by Crippen LogP contribution is 2.40. The molecule has 0 atom stereocenters. The standard InChI is InChI=1S/C12H19N4/c1-11(2)6-5-7-12(3,4)16(11)10-8-13-15-14-9-10/h8H,5-7H2,1-4H3. The molecule has 16 heavy (non-hydrogen) atoms. The van der Waals surface area contributed by atoms with Crippen molar-refractivity contribution in [1.82, 2.24) is 15.4 Å². The Morgan fingerprint density at radius 2 is 1.81 bits per heavy atom. The lowest BCUT2D eigenvalue weighted by Crippen LogP contribution is -2.59. The number of hydrogen-bond acceptors (Lipinski definition) is 4. The summed E-state index contributed by atoms with van der Waals surface area (Å²) >= 11 is 0. The number of anilines is 1. The van der Waals surface area contributed by atoms with Crippen LogP contribution >= 0.6 is 0 Å². The summed E-state index contributed by atoms with van der Waals surface area (Å²) in [4.78, 5) is 2.38. The van der Waals surface area contributed by atoms with E-state index in [2.05, 4.69) is 54.2 Å². The van der Waals surface area contributed by atoms with Crippen LogP contribution in [0.2, 0.25) is 0 Å². The van der Waals surface area contributed by atoms with Gasteiger partial charge in [0.15, 0.2) is 0 Å². The smallest absolute Gasteiger partial charge is 0.142 e. The van der Waals surface area contributed by atoms with Crippen LogP contribution in [0.3, 0.4) is 0 Å². The molecule has 0 bridgehead atoms. The lowest BCUT2D eigenvalue weighted by Gasteiger charge is -2.54. The number of piperidine rings is 1. The monoisotopic (exact) mass is 219 g/mol. The van der Waals surface area contributed by atoms with Crippen molar-refractivity contribution in [2.45, 2.75) is 58.0 Å². The fraction of sp³-hybridized carbons (Fsp3) is 0.750. The van der Waals surface area contributed by atoms with Gasteiger partial charge in [-0.15, -0.1) is 10.2 Å². The van der Waals surface area contributed by atoms with Gasteiger partial charge in [-0.1, -0.05) is 0 Å². The van der Waals surface area contributed by atoms with E-state index in [4.69, 9.17) is 0 Å². The van der Waals surface area contributed by atoms with Crippen LogP contribution in [0.5, 0.6) is 0 Å². The van der Waals surface area contributed by atoms with E-state index in [1.165, 1.54) is 19.3 Å². The zero-order valence-corrected chi connectivity index (χ0v) is 10.5. The molecule has 1 aromatic rings. The van der Waals surface area contributed by atoms with Crippen LogP contribution < -0.4 is 4.90 Å². The van der Waals surface area contributed by atoms with Gasteiger partial charge in [-0.2, -0.15) is 0 Å². The number of nitrogens with zero attached hydrogens (tertiary/aromatic N) is 4. The first kappa shape index (κ1) is 11.3. The molecule has 0 amide bonds. The Labute approximate surface area is 97.1 Å². The van der Waals surface area contributed by atoms with Gasteiger partial charge in [0.05, 0.1) is 11.9 Å². The summed E-state index contributed by atoms with van der Waals surface area (Å²) in [5, 5.41) is 11.2. The minimum Gasteiger partial charge on any atom is -0.358 e. The molecule has 4 heteroatoms. The minimum absolute atomic E-state index is 0.128. The van der Waals surface area contributed by atoms with E-state index >= 15 is 0 Å². The Morgan fingerprint density at radius 3 is 2.31 bits per heavy atom. The first-order chi connectivity index (χ1) is 7.43. The summed E-state index contributed by atoms with van der Waals surface area (Å²) in [5.74, 6) is 0. The lowest BCUT2D eigenvalue weighted by atomic mass is 9.79. The Hall–Kier alpha value is -1.19. The van der Waals surface area contributed by atoms with Gasteiger partial charge in [0.2, 0.25) is 0 Å². The van der Waals surface area contributed by atoms with Crippen molar-refractivity contribution >= 4 is 5.69 Å². The second kappa shape index (κ2) is 3.68. The third-order valence-corrected chi connectivity index (χ3v) is 3.47. The molecule has 0 N–H and O–H groups in total. The highest BCUT2D eigenvalue weighted by Gasteiger charge is 2.41. The molecular formula is C12H19N4. The first-order valence-corrected chi connectivity index (χ1v) is 5.80. The summed E-state index contributed by atoms with van der Waals surface area (Å²) in [6.07, 6.45) is 8.34. The summed E-state index contributed by atoms with van der Waals surface area (Å²) in [5.41, 5.74) is 1.20. The second-order valence-electron chi connectivity index (χ2n) is 5.74. The maximum Gasteiger partial charge on any atom is 0.142 e. The second-order valence-corrected chi connectivity index (χ2v) is 5.74. The van der Waals surface area contributed by atoms with E-state index in [1.54, 1.807) is 6.20 Å². The Kier molecular flexibility index (Phi) is 2.60. The third-order valence-electron chi connectivity index (χ3n) is 3.47. The van der Waals surface area contributed by atoms with Crippen LogP contribution in [0, 0.1) is 6.20 Å². The van der Waals surface area contributed by atoms with Gasteiger partial charge in [0.25, 0.3) is 0 Å². The molecule has 1 saturated heterocycles. The normalized spacial score (nSPS) is 23.1. The fourth-order valence-electron chi connectivity index (χ4n) is 2.97. The zero-order valence-electron chi connectivity index (χ0n) is 10.5. The van der Waals surface area contributed by atoms with Crippen molar-refractivity contribution in [2.24, 2.45) is 0 Å². The van der Waals surface area contributed by atoms with Gasteiger partial charge in [-0.3, -0.25) is 0 Å². The molecule has 1 fully saturated rings. The van der Waals surface area contributed by atoms with Crippen molar-refractivity contribution in [2.75, 3.05) is 4.90 Å². The number of aromatic nitrogens is 3. The maximum absolute atomic E-state index is 3.86. The Balaban J connectivity index is 2.41. The van der Waals surface area contributed by atoms with Crippen molar-refractivity contribution in [3.05, 3.63) is 12.4 Å². The lowest BCUT2D eigenvalue weighted by molar-refractivity contribution is 0.243. The molecule has 1 aliphatic rings. The van der Waals surface area contributed by atoms with Crippen molar-refractivity contribution < 1.29 is 0 Å². The quantitative estimate of drug-likeness (QED) is 0.726. The molecule has 1 aromatic heterocycles. The summed E-state index contributed by atoms with van der Waals surface area (Å²) in [6, 6.07) is 0. The van der Waals surface area contributed by atoms with Crippen molar-refractivity contribution in [3.8, 4) is 0 Å². The Morgan fingerprint density at radius 1 is 1.19 bits per heavy atom. The van der Waals surface area contributed by atoms with E-state index in [0.717, 1.165) is 5.69 Å². The summed E-state index contributed by atoms with van der Waals surface area (Å²) < 4.78 is 0.